The number of nitrogens with zero attached hydrogens (tertiary/aromatic N) is 1. The van der Waals surface area contributed by atoms with Crippen LogP contribution in [0.2, 0.25) is 0 Å². The van der Waals surface area contributed by atoms with Crippen molar-refractivity contribution in [2.24, 2.45) is 0 Å². The van der Waals surface area contributed by atoms with Crippen molar-refractivity contribution in [3.63, 3.8) is 0 Å². The first-order chi connectivity index (χ1) is 9.22. The Morgan fingerprint density at radius 1 is 0.947 bits per heavy atom. The molecule has 0 aliphatic carbocycles. The monoisotopic (exact) mass is 277 g/mol. The molecule has 1 amide bonds. The predicted molar refractivity (Wildman–Crippen MR) is 72.3 cm³/mol. The second-order valence-electron chi connectivity index (χ2n) is 4.13. The maximum atomic E-state index is 10.5. The minimum atomic E-state index is 0.292. The van der Waals surface area contributed by atoms with Gasteiger partial charge in [0.05, 0.1) is 39.6 Å². The lowest BCUT2D eigenvalue weighted by molar-refractivity contribution is -0.126. The van der Waals surface area contributed by atoms with Crippen LogP contribution in [0, 0.1) is 0 Å². The van der Waals surface area contributed by atoms with Gasteiger partial charge in [-0.2, -0.15) is 0 Å². The zero-order valence-corrected chi connectivity index (χ0v) is 12.4. The summed E-state index contributed by atoms with van der Waals surface area (Å²) in [6, 6.07) is 0. The van der Waals surface area contributed by atoms with Crippen molar-refractivity contribution in [2.45, 2.75) is 12.8 Å². The van der Waals surface area contributed by atoms with Crippen LogP contribution in [0.25, 0.3) is 0 Å². The van der Waals surface area contributed by atoms with Gasteiger partial charge in [-0.1, -0.05) is 0 Å². The summed E-state index contributed by atoms with van der Waals surface area (Å²) in [4.78, 5) is 12.3. The molecular formula is C13H27NO5. The van der Waals surface area contributed by atoms with Crippen molar-refractivity contribution in [3.8, 4) is 0 Å². The molecule has 114 valence electrons. The number of methoxy groups -OCH3 is 2. The van der Waals surface area contributed by atoms with Crippen LogP contribution in [0.5, 0.6) is 0 Å². The van der Waals surface area contributed by atoms with Crippen LogP contribution in [0.15, 0.2) is 0 Å². The third kappa shape index (κ3) is 12.1. The van der Waals surface area contributed by atoms with Gasteiger partial charge in [0.25, 0.3) is 0 Å². The number of rotatable bonds is 9. The molecule has 1 rings (SSSR count). The fraction of sp³-hybridized carbons (Fsp3) is 0.923. The van der Waals surface area contributed by atoms with E-state index in [0.717, 1.165) is 19.4 Å². The van der Waals surface area contributed by atoms with Crippen molar-refractivity contribution >= 4 is 5.91 Å². The lowest BCUT2D eigenvalue weighted by Crippen LogP contribution is -2.17. The molecule has 19 heavy (non-hydrogen) atoms. The van der Waals surface area contributed by atoms with Gasteiger partial charge in [0.15, 0.2) is 0 Å². The quantitative estimate of drug-likeness (QED) is 0.576. The number of hydrogen-bond donors (Lipinski definition) is 0. The van der Waals surface area contributed by atoms with Crippen LogP contribution in [0.4, 0.5) is 0 Å². The molecule has 0 saturated carbocycles. The summed E-state index contributed by atoms with van der Waals surface area (Å²) in [5.74, 6) is 0.292. The van der Waals surface area contributed by atoms with Gasteiger partial charge in [-0.15, -0.1) is 0 Å². The molecule has 0 spiro atoms. The first kappa shape index (κ1) is 18.3. The summed E-state index contributed by atoms with van der Waals surface area (Å²) >= 11 is 0. The molecule has 0 aromatic carbocycles. The highest BCUT2D eigenvalue weighted by molar-refractivity contribution is 5.77. The van der Waals surface area contributed by atoms with E-state index in [-0.39, 0.29) is 0 Å². The molecule has 6 heteroatoms. The van der Waals surface area contributed by atoms with E-state index < -0.39 is 0 Å². The summed E-state index contributed by atoms with van der Waals surface area (Å²) in [7, 11) is 5.15. The SMILES string of the molecule is CN1CCCC1=O.COCCOCCOCCOC. The number of carbonyl (C=O) groups is 1. The molecule has 0 aromatic heterocycles. The molecule has 1 heterocycles. The Bertz CT molecular complexity index is 203. The third-order valence-electron chi connectivity index (χ3n) is 2.55. The van der Waals surface area contributed by atoms with Gasteiger partial charge >= 0.3 is 0 Å². The Kier molecular flexibility index (Phi) is 13.2. The van der Waals surface area contributed by atoms with Crippen molar-refractivity contribution in [1.29, 1.82) is 0 Å². The van der Waals surface area contributed by atoms with Crippen LogP contribution in [-0.2, 0) is 23.7 Å². The summed E-state index contributed by atoms with van der Waals surface area (Å²) in [6.45, 7) is 4.73. The average Bonchev–Trinajstić information content (AvgIpc) is 2.78. The molecular weight excluding hydrogens is 250 g/mol. The fourth-order valence-corrected chi connectivity index (χ4v) is 1.39. The molecule has 1 aliphatic heterocycles. The topological polar surface area (TPSA) is 57.2 Å². The van der Waals surface area contributed by atoms with Crippen LogP contribution in [0.1, 0.15) is 12.8 Å². The lowest BCUT2D eigenvalue weighted by atomic mass is 10.4. The lowest BCUT2D eigenvalue weighted by Gasteiger charge is -2.04. The Balaban J connectivity index is 0.000000388. The van der Waals surface area contributed by atoms with Gasteiger partial charge in [-0.25, -0.2) is 0 Å². The van der Waals surface area contributed by atoms with E-state index in [1.807, 2.05) is 7.05 Å². The third-order valence-corrected chi connectivity index (χ3v) is 2.55. The highest BCUT2D eigenvalue weighted by atomic mass is 16.5. The van der Waals surface area contributed by atoms with Gasteiger partial charge in [0.1, 0.15) is 0 Å². The van der Waals surface area contributed by atoms with Crippen molar-refractivity contribution < 1.29 is 23.7 Å². The maximum Gasteiger partial charge on any atom is 0.222 e. The van der Waals surface area contributed by atoms with Gasteiger partial charge in [-0.05, 0) is 6.42 Å². The Morgan fingerprint density at radius 2 is 1.42 bits per heavy atom. The highest BCUT2D eigenvalue weighted by Gasteiger charge is 2.14. The molecule has 0 atom stereocenters. The Labute approximate surface area is 115 Å². The second-order valence-corrected chi connectivity index (χ2v) is 4.13. The van der Waals surface area contributed by atoms with Crippen LogP contribution in [0.3, 0.4) is 0 Å². The molecule has 1 saturated heterocycles. The van der Waals surface area contributed by atoms with Gasteiger partial charge in [0.2, 0.25) is 5.91 Å². The zero-order valence-electron chi connectivity index (χ0n) is 12.4. The average molecular weight is 277 g/mol. The van der Waals surface area contributed by atoms with Crippen LogP contribution >= 0.6 is 0 Å². The zero-order chi connectivity index (χ0) is 14.3. The minimum absolute atomic E-state index is 0.292. The Morgan fingerprint density at radius 3 is 1.68 bits per heavy atom. The van der Waals surface area contributed by atoms with Crippen molar-refractivity contribution in [1.82, 2.24) is 4.90 Å². The molecule has 0 bridgehead atoms. The van der Waals surface area contributed by atoms with E-state index in [1.54, 1.807) is 19.1 Å². The molecule has 1 aliphatic rings. The van der Waals surface area contributed by atoms with E-state index in [4.69, 9.17) is 18.9 Å². The van der Waals surface area contributed by atoms with Crippen molar-refractivity contribution in [3.05, 3.63) is 0 Å². The van der Waals surface area contributed by atoms with Gasteiger partial charge in [0, 0.05) is 34.2 Å². The van der Waals surface area contributed by atoms with E-state index in [9.17, 15) is 4.79 Å². The number of ether oxygens (including phenoxy) is 4. The first-order valence-corrected chi connectivity index (χ1v) is 6.59. The number of hydrogen-bond acceptors (Lipinski definition) is 5. The molecule has 0 aromatic rings. The summed E-state index contributed by atoms with van der Waals surface area (Å²) < 4.78 is 19.9. The summed E-state index contributed by atoms with van der Waals surface area (Å²) in [5.41, 5.74) is 0. The van der Waals surface area contributed by atoms with Gasteiger partial charge in [-0.3, -0.25) is 4.79 Å². The Hall–Kier alpha value is -0.690. The van der Waals surface area contributed by atoms with E-state index in [0.29, 0.717) is 45.5 Å². The van der Waals surface area contributed by atoms with E-state index >= 15 is 0 Å². The maximum absolute atomic E-state index is 10.5. The summed E-state index contributed by atoms with van der Waals surface area (Å²) in [5, 5.41) is 0. The predicted octanol–water partition coefficient (Wildman–Crippen LogP) is 0.551. The van der Waals surface area contributed by atoms with Crippen LogP contribution in [-0.4, -0.2) is 78.3 Å². The number of likely N-dealkylation sites (tertiary alicyclic amines) is 1. The normalized spacial score (nSPS) is 14.5. The second kappa shape index (κ2) is 13.7. The standard InChI is InChI=1S/C8H18O4.C5H9NO/c1-9-3-5-11-7-8-12-6-4-10-2;1-6-4-2-3-5(6)7/h3-8H2,1-2H3;2-4H2,1H3. The molecule has 0 radical (unpaired) electrons. The summed E-state index contributed by atoms with van der Waals surface area (Å²) in [6.07, 6.45) is 1.81. The molecule has 0 N–H and O–H groups in total. The molecule has 0 unspecified atom stereocenters. The molecule has 6 nitrogen and oxygen atoms in total. The van der Waals surface area contributed by atoms with Crippen molar-refractivity contribution in [2.75, 3.05) is 67.5 Å². The van der Waals surface area contributed by atoms with E-state index in [2.05, 4.69) is 0 Å². The van der Waals surface area contributed by atoms with E-state index in [1.165, 1.54) is 0 Å². The minimum Gasteiger partial charge on any atom is -0.382 e. The number of amides is 1. The first-order valence-electron chi connectivity index (χ1n) is 6.59. The number of carbonyl (C=O) groups excluding carboxylic acids is 1. The van der Waals surface area contributed by atoms with Crippen LogP contribution < -0.4 is 0 Å². The smallest absolute Gasteiger partial charge is 0.222 e. The largest absolute Gasteiger partial charge is 0.382 e. The van der Waals surface area contributed by atoms with Gasteiger partial charge < -0.3 is 23.8 Å². The fourth-order valence-electron chi connectivity index (χ4n) is 1.39. The molecule has 1 fully saturated rings. The highest BCUT2D eigenvalue weighted by Crippen LogP contribution is 2.04.